The van der Waals surface area contributed by atoms with Crippen LogP contribution in [0.15, 0.2) is 30.6 Å². The Morgan fingerprint density at radius 3 is 3.00 bits per heavy atom. The number of carbonyl (C=O) groups excluding carboxylic acids is 1. The van der Waals surface area contributed by atoms with Gasteiger partial charge in [-0.2, -0.15) is 0 Å². The van der Waals surface area contributed by atoms with Crippen LogP contribution >= 0.6 is 0 Å². The molecule has 0 unspecified atom stereocenters. The van der Waals surface area contributed by atoms with E-state index in [2.05, 4.69) is 9.97 Å². The van der Waals surface area contributed by atoms with E-state index in [4.69, 9.17) is 5.11 Å². The highest BCUT2D eigenvalue weighted by molar-refractivity contribution is 6.12. The Bertz CT molecular complexity index is 717. The Morgan fingerprint density at radius 1 is 1.45 bits per heavy atom. The third-order valence-electron chi connectivity index (χ3n) is 3.81. The summed E-state index contributed by atoms with van der Waals surface area (Å²) in [6.07, 6.45) is 3.90. The number of pyridine rings is 2. The van der Waals surface area contributed by atoms with Gasteiger partial charge in [0.25, 0.3) is 5.91 Å². The number of aliphatic hydroxyl groups is 1. The molecule has 6 nitrogen and oxygen atoms in total. The number of fused-ring (bicyclic) bond motifs is 2. The smallest absolute Gasteiger partial charge is 0.261 e. The van der Waals surface area contributed by atoms with Crippen LogP contribution < -0.4 is 9.80 Å². The van der Waals surface area contributed by atoms with Gasteiger partial charge in [0.15, 0.2) is 5.82 Å². The van der Waals surface area contributed by atoms with Crippen LogP contribution in [0.3, 0.4) is 0 Å². The SMILES string of the molecule is CCN1c2ncc(CCO)cc2C(=O)N(C)c2cc[14cH]n[14c]21. The third kappa shape index (κ3) is 2.21. The van der Waals surface area contributed by atoms with Crippen molar-refractivity contribution in [1.82, 2.24) is 9.97 Å². The number of rotatable bonds is 3. The van der Waals surface area contributed by atoms with E-state index in [0.717, 1.165) is 17.1 Å². The van der Waals surface area contributed by atoms with E-state index in [-0.39, 0.29) is 12.5 Å². The molecule has 2 aromatic heterocycles. The van der Waals surface area contributed by atoms with Gasteiger partial charge in [-0.1, -0.05) is 0 Å². The summed E-state index contributed by atoms with van der Waals surface area (Å²) in [5.74, 6) is 1.22. The first kappa shape index (κ1) is 14.5. The van der Waals surface area contributed by atoms with Crippen molar-refractivity contribution in [2.75, 3.05) is 30.0 Å². The molecule has 0 aromatic carbocycles. The summed E-state index contributed by atoms with van der Waals surface area (Å²) in [5, 5.41) is 9.09. The van der Waals surface area contributed by atoms with Crippen LogP contribution in [0.4, 0.5) is 17.3 Å². The Balaban J connectivity index is 2.22. The van der Waals surface area contributed by atoms with Gasteiger partial charge in [0.1, 0.15) is 5.82 Å². The minimum atomic E-state index is -0.118. The van der Waals surface area contributed by atoms with Crippen molar-refractivity contribution in [3.05, 3.63) is 41.7 Å². The molecule has 114 valence electrons. The van der Waals surface area contributed by atoms with Gasteiger partial charge >= 0.3 is 0 Å². The highest BCUT2D eigenvalue weighted by Gasteiger charge is 2.30. The van der Waals surface area contributed by atoms with Crippen molar-refractivity contribution in [2.45, 2.75) is 13.3 Å². The van der Waals surface area contributed by atoms with Crippen LogP contribution in [0.1, 0.15) is 22.8 Å². The number of hydrogen-bond donors (Lipinski definition) is 1. The maximum Gasteiger partial charge on any atom is 0.261 e. The first-order chi connectivity index (χ1) is 10.7. The first-order valence-electron chi connectivity index (χ1n) is 7.27. The monoisotopic (exact) mass is 302 g/mol. The lowest BCUT2D eigenvalue weighted by Gasteiger charge is -2.22. The summed E-state index contributed by atoms with van der Waals surface area (Å²) in [6.45, 7) is 2.69. The number of anilines is 3. The van der Waals surface area contributed by atoms with Crippen molar-refractivity contribution in [2.24, 2.45) is 0 Å². The summed E-state index contributed by atoms with van der Waals surface area (Å²) in [4.78, 5) is 25.2. The number of amides is 1. The normalized spacial score (nSPS) is 13.7. The number of carbonyl (C=O) groups is 1. The van der Waals surface area contributed by atoms with E-state index in [1.165, 1.54) is 0 Å². The van der Waals surface area contributed by atoms with Crippen LogP contribution in [0.5, 0.6) is 0 Å². The molecule has 0 atom stereocenters. The number of nitrogens with zero attached hydrogens (tertiary/aromatic N) is 4. The van der Waals surface area contributed by atoms with E-state index in [0.29, 0.717) is 24.3 Å². The summed E-state index contributed by atoms with van der Waals surface area (Å²) in [5.41, 5.74) is 2.14. The van der Waals surface area contributed by atoms with Gasteiger partial charge < -0.3 is 14.9 Å². The molecule has 0 spiro atoms. The fraction of sp³-hybridized carbons (Fsp3) is 0.312. The lowest BCUT2D eigenvalue weighted by atomic mass is 10.1. The molecular formula is C16H18N4O2. The minimum Gasteiger partial charge on any atom is -0.396 e. The summed E-state index contributed by atoms with van der Waals surface area (Å²) in [6, 6.07) is 5.51. The second-order valence-electron chi connectivity index (χ2n) is 5.14. The van der Waals surface area contributed by atoms with E-state index >= 15 is 0 Å². The summed E-state index contributed by atoms with van der Waals surface area (Å²) < 4.78 is 0. The fourth-order valence-electron chi connectivity index (χ4n) is 2.69. The maximum atomic E-state index is 12.8. The van der Waals surface area contributed by atoms with Gasteiger partial charge in [0.2, 0.25) is 0 Å². The predicted octanol–water partition coefficient (Wildman–Crippen LogP) is 1.76. The van der Waals surface area contributed by atoms with Gasteiger partial charge in [0.05, 0.1) is 11.3 Å². The van der Waals surface area contributed by atoms with Gasteiger partial charge in [-0.05, 0) is 37.1 Å². The number of aliphatic hydroxyl groups excluding tert-OH is 1. The van der Waals surface area contributed by atoms with E-state index in [9.17, 15) is 4.79 Å². The second-order valence-corrected chi connectivity index (χ2v) is 5.14. The van der Waals surface area contributed by atoms with Gasteiger partial charge in [0, 0.05) is 32.6 Å². The van der Waals surface area contributed by atoms with Crippen molar-refractivity contribution in [1.29, 1.82) is 0 Å². The van der Waals surface area contributed by atoms with E-state index < -0.39 is 0 Å². The molecule has 0 bridgehead atoms. The number of aromatic nitrogens is 2. The lowest BCUT2D eigenvalue weighted by Crippen LogP contribution is -2.25. The topological polar surface area (TPSA) is 69.6 Å². The molecule has 2 aromatic rings. The van der Waals surface area contributed by atoms with Crippen LogP contribution in [0.2, 0.25) is 0 Å². The zero-order valence-electron chi connectivity index (χ0n) is 12.7. The summed E-state index contributed by atoms with van der Waals surface area (Å²) >= 11 is 0. The van der Waals surface area contributed by atoms with Crippen molar-refractivity contribution < 1.29 is 9.90 Å². The maximum absolute atomic E-state index is 12.8. The van der Waals surface area contributed by atoms with Crippen LogP contribution in [0, 0.1) is 0 Å². The van der Waals surface area contributed by atoms with Gasteiger partial charge in [-0.15, -0.1) is 0 Å². The highest BCUT2D eigenvalue weighted by Crippen LogP contribution is 2.37. The molecule has 3 heterocycles. The molecular weight excluding hydrogens is 284 g/mol. The Labute approximate surface area is 129 Å². The van der Waals surface area contributed by atoms with Crippen LogP contribution in [0.25, 0.3) is 0 Å². The molecule has 22 heavy (non-hydrogen) atoms. The fourth-order valence-corrected chi connectivity index (χ4v) is 2.69. The van der Waals surface area contributed by atoms with Crippen LogP contribution in [-0.4, -0.2) is 41.2 Å². The average molecular weight is 302 g/mol. The molecule has 0 saturated heterocycles. The average Bonchev–Trinajstić information content (AvgIpc) is 2.63. The molecule has 1 N–H and O–H groups in total. The van der Waals surface area contributed by atoms with Crippen molar-refractivity contribution >= 4 is 23.2 Å². The van der Waals surface area contributed by atoms with Gasteiger partial charge in [-0.3, -0.25) is 4.79 Å². The molecule has 1 aliphatic heterocycles. The number of hydrogen-bond acceptors (Lipinski definition) is 5. The van der Waals surface area contributed by atoms with E-state index in [1.54, 1.807) is 24.3 Å². The standard InChI is InChI=1S/C16H18N4O2/c1-3-20-14-12(9-11(6-8-21)10-18-14)16(22)19(2)13-5-4-7-17-15(13)20/h4-5,7,9-10,21H,3,6,8H2,1-2H3/i7+2,15+2. The molecule has 1 amide bonds. The van der Waals surface area contributed by atoms with Crippen molar-refractivity contribution in [3.8, 4) is 0 Å². The third-order valence-corrected chi connectivity index (χ3v) is 3.81. The molecule has 0 radical (unpaired) electrons. The zero-order valence-corrected chi connectivity index (χ0v) is 12.7. The quantitative estimate of drug-likeness (QED) is 0.935. The molecule has 1 aliphatic rings. The van der Waals surface area contributed by atoms with Gasteiger partial charge in [-0.25, -0.2) is 9.97 Å². The highest BCUT2D eigenvalue weighted by atomic mass is 16.3. The van der Waals surface area contributed by atoms with Crippen LogP contribution in [-0.2, 0) is 6.42 Å². The largest absolute Gasteiger partial charge is 0.396 e. The zero-order chi connectivity index (χ0) is 15.7. The molecule has 0 saturated carbocycles. The second kappa shape index (κ2) is 5.73. The Kier molecular flexibility index (Phi) is 3.77. The van der Waals surface area contributed by atoms with Crippen molar-refractivity contribution in [3.63, 3.8) is 0 Å². The Hall–Kier alpha value is -2.47. The summed E-state index contributed by atoms with van der Waals surface area (Å²) in [7, 11) is 1.74. The Morgan fingerprint density at radius 2 is 2.27 bits per heavy atom. The molecule has 3 rings (SSSR count). The molecule has 0 aliphatic carbocycles. The first-order valence-corrected chi connectivity index (χ1v) is 7.27. The molecule has 0 fully saturated rings. The predicted molar refractivity (Wildman–Crippen MR) is 84.7 cm³/mol. The lowest BCUT2D eigenvalue weighted by molar-refractivity contribution is 0.0994. The molecule has 6 heteroatoms. The van der Waals surface area contributed by atoms with E-state index in [1.807, 2.05) is 30.0 Å². The minimum absolute atomic E-state index is 0.0315.